The van der Waals surface area contributed by atoms with Crippen LogP contribution in [0.4, 0.5) is 0 Å². The van der Waals surface area contributed by atoms with Crippen molar-refractivity contribution >= 4 is 27.3 Å². The van der Waals surface area contributed by atoms with E-state index in [1.807, 2.05) is 6.07 Å². The summed E-state index contributed by atoms with van der Waals surface area (Å²) in [7, 11) is -3.82. The van der Waals surface area contributed by atoms with E-state index in [4.69, 9.17) is 4.42 Å². The van der Waals surface area contributed by atoms with Crippen LogP contribution in [-0.4, -0.2) is 19.3 Å². The Labute approximate surface area is 148 Å². The number of nitrogens with zero attached hydrogens (tertiary/aromatic N) is 1. The third-order valence-electron chi connectivity index (χ3n) is 3.32. The molecule has 2 N–H and O–H groups in total. The highest BCUT2D eigenvalue weighted by Crippen LogP contribution is 2.22. The number of hydrogen-bond acceptors (Lipinski definition) is 6. The van der Waals surface area contributed by atoms with Crippen LogP contribution in [0.15, 0.2) is 63.7 Å². The molecule has 0 saturated heterocycles. The van der Waals surface area contributed by atoms with E-state index in [0.29, 0.717) is 5.76 Å². The number of amides is 1. The van der Waals surface area contributed by atoms with Crippen LogP contribution >= 0.6 is 11.3 Å². The summed E-state index contributed by atoms with van der Waals surface area (Å²) in [4.78, 5) is 16.4. The standard InChI is InChI=1S/C16H15N3O4S2/c20-16(18-10-12-3-1-6-17-9-12)15-14(5-8-24-15)25(21,22)19-11-13-4-2-7-23-13/h1-9,19H,10-11H2,(H,18,20). The maximum Gasteiger partial charge on any atom is 0.263 e. The van der Waals surface area contributed by atoms with Gasteiger partial charge in [-0.1, -0.05) is 6.07 Å². The predicted octanol–water partition coefficient (Wildman–Crippen LogP) is 2.14. The van der Waals surface area contributed by atoms with Gasteiger partial charge in [0, 0.05) is 18.9 Å². The normalized spacial score (nSPS) is 11.4. The molecule has 3 aromatic heterocycles. The van der Waals surface area contributed by atoms with Crippen LogP contribution in [0.25, 0.3) is 0 Å². The first-order chi connectivity index (χ1) is 12.1. The van der Waals surface area contributed by atoms with Crippen molar-refractivity contribution in [3.63, 3.8) is 0 Å². The first kappa shape index (κ1) is 17.3. The van der Waals surface area contributed by atoms with Crippen LogP contribution in [0.2, 0.25) is 0 Å². The highest BCUT2D eigenvalue weighted by molar-refractivity contribution is 7.89. The second-order valence-electron chi connectivity index (χ2n) is 5.06. The number of furan rings is 1. The maximum atomic E-state index is 12.5. The monoisotopic (exact) mass is 377 g/mol. The lowest BCUT2D eigenvalue weighted by molar-refractivity contribution is 0.0952. The maximum absolute atomic E-state index is 12.5. The van der Waals surface area contributed by atoms with Gasteiger partial charge < -0.3 is 9.73 Å². The molecule has 0 fully saturated rings. The summed E-state index contributed by atoms with van der Waals surface area (Å²) in [5.41, 5.74) is 0.827. The largest absolute Gasteiger partial charge is 0.468 e. The van der Waals surface area contributed by atoms with Crippen molar-refractivity contribution in [1.82, 2.24) is 15.0 Å². The van der Waals surface area contributed by atoms with E-state index in [2.05, 4.69) is 15.0 Å². The molecule has 0 atom stereocenters. The van der Waals surface area contributed by atoms with Gasteiger partial charge >= 0.3 is 0 Å². The lowest BCUT2D eigenvalue weighted by Crippen LogP contribution is -2.27. The summed E-state index contributed by atoms with van der Waals surface area (Å²) in [5, 5.41) is 4.27. The quantitative estimate of drug-likeness (QED) is 0.657. The molecule has 0 aliphatic heterocycles. The van der Waals surface area contributed by atoms with Crippen LogP contribution in [0.3, 0.4) is 0 Å². The number of thiophene rings is 1. The van der Waals surface area contributed by atoms with E-state index in [1.165, 1.54) is 12.3 Å². The van der Waals surface area contributed by atoms with Gasteiger partial charge in [-0.05, 0) is 35.2 Å². The van der Waals surface area contributed by atoms with Crippen molar-refractivity contribution in [3.05, 3.63) is 70.6 Å². The molecule has 3 aromatic rings. The third-order valence-corrected chi connectivity index (χ3v) is 5.80. The Kier molecular flexibility index (Phi) is 5.27. The molecular weight excluding hydrogens is 362 g/mol. The fraction of sp³-hybridized carbons (Fsp3) is 0.125. The second kappa shape index (κ2) is 7.60. The molecule has 0 aliphatic carbocycles. The van der Waals surface area contributed by atoms with Crippen molar-refractivity contribution in [2.45, 2.75) is 18.0 Å². The average Bonchev–Trinajstić information content (AvgIpc) is 3.30. The first-order valence-corrected chi connectivity index (χ1v) is 9.69. The summed E-state index contributed by atoms with van der Waals surface area (Å²) in [6, 6.07) is 8.34. The van der Waals surface area contributed by atoms with E-state index >= 15 is 0 Å². The highest BCUT2D eigenvalue weighted by Gasteiger charge is 2.24. The lowest BCUT2D eigenvalue weighted by atomic mass is 10.3. The number of nitrogens with one attached hydrogen (secondary N) is 2. The lowest BCUT2D eigenvalue weighted by Gasteiger charge is -2.08. The molecule has 9 heteroatoms. The molecule has 7 nitrogen and oxygen atoms in total. The highest BCUT2D eigenvalue weighted by atomic mass is 32.2. The Hall–Kier alpha value is -2.49. The van der Waals surface area contributed by atoms with Gasteiger partial charge in [0.2, 0.25) is 10.0 Å². The molecule has 3 heterocycles. The minimum absolute atomic E-state index is 0.0158. The number of carbonyl (C=O) groups is 1. The first-order valence-electron chi connectivity index (χ1n) is 7.33. The zero-order chi connectivity index (χ0) is 17.7. The van der Waals surface area contributed by atoms with Crippen LogP contribution in [0.1, 0.15) is 21.0 Å². The molecule has 130 valence electrons. The second-order valence-corrected chi connectivity index (χ2v) is 7.71. The van der Waals surface area contributed by atoms with Gasteiger partial charge in [-0.25, -0.2) is 13.1 Å². The molecule has 3 rings (SSSR count). The summed E-state index contributed by atoms with van der Waals surface area (Å²) in [6.07, 6.45) is 4.74. The van der Waals surface area contributed by atoms with Gasteiger partial charge in [0.05, 0.1) is 12.8 Å². The van der Waals surface area contributed by atoms with Gasteiger partial charge in [-0.2, -0.15) is 0 Å². The van der Waals surface area contributed by atoms with E-state index in [-0.39, 0.29) is 22.9 Å². The zero-order valence-electron chi connectivity index (χ0n) is 13.0. The van der Waals surface area contributed by atoms with Crippen LogP contribution < -0.4 is 10.0 Å². The number of hydrogen-bond donors (Lipinski definition) is 2. The molecule has 0 aromatic carbocycles. The molecule has 0 spiro atoms. The van der Waals surface area contributed by atoms with Gasteiger partial charge in [-0.15, -0.1) is 11.3 Å². The number of carbonyl (C=O) groups excluding carboxylic acids is 1. The van der Waals surface area contributed by atoms with E-state index in [9.17, 15) is 13.2 Å². The van der Waals surface area contributed by atoms with Gasteiger partial charge in [0.25, 0.3) is 5.91 Å². The topological polar surface area (TPSA) is 101 Å². The SMILES string of the molecule is O=C(NCc1cccnc1)c1sccc1S(=O)(=O)NCc1ccco1. The molecule has 1 amide bonds. The molecule has 0 aliphatic rings. The van der Waals surface area contributed by atoms with Crippen LogP contribution in [0, 0.1) is 0 Å². The van der Waals surface area contributed by atoms with E-state index in [1.54, 1.807) is 36.0 Å². The minimum atomic E-state index is -3.82. The molecule has 0 bridgehead atoms. The Morgan fingerprint density at radius 1 is 1.20 bits per heavy atom. The number of sulfonamides is 1. The fourth-order valence-corrected chi connectivity index (χ4v) is 4.43. The van der Waals surface area contributed by atoms with Crippen molar-refractivity contribution in [2.75, 3.05) is 0 Å². The van der Waals surface area contributed by atoms with Crippen LogP contribution in [-0.2, 0) is 23.1 Å². The van der Waals surface area contributed by atoms with Gasteiger partial charge in [0.1, 0.15) is 15.5 Å². The number of rotatable bonds is 7. The molecular formula is C16H15N3O4S2. The van der Waals surface area contributed by atoms with Crippen molar-refractivity contribution in [2.24, 2.45) is 0 Å². The van der Waals surface area contributed by atoms with Crippen molar-refractivity contribution < 1.29 is 17.6 Å². The summed E-state index contributed by atoms with van der Waals surface area (Å²) in [5.74, 6) is 0.0404. The summed E-state index contributed by atoms with van der Waals surface area (Å²) < 4.78 is 32.4. The van der Waals surface area contributed by atoms with Crippen molar-refractivity contribution in [1.29, 1.82) is 0 Å². The Balaban J connectivity index is 1.69. The smallest absolute Gasteiger partial charge is 0.263 e. The van der Waals surface area contributed by atoms with Gasteiger partial charge in [0.15, 0.2) is 0 Å². The number of aromatic nitrogens is 1. The summed E-state index contributed by atoms with van der Waals surface area (Å²) in [6.45, 7) is 0.284. The Morgan fingerprint density at radius 3 is 2.80 bits per heavy atom. The van der Waals surface area contributed by atoms with E-state index < -0.39 is 15.9 Å². The van der Waals surface area contributed by atoms with Gasteiger partial charge in [-0.3, -0.25) is 9.78 Å². The molecule has 0 unspecified atom stereocenters. The van der Waals surface area contributed by atoms with Crippen molar-refractivity contribution in [3.8, 4) is 0 Å². The number of pyridine rings is 1. The average molecular weight is 377 g/mol. The Morgan fingerprint density at radius 2 is 2.08 bits per heavy atom. The molecule has 25 heavy (non-hydrogen) atoms. The third kappa shape index (κ3) is 4.32. The molecule has 0 radical (unpaired) electrons. The Bertz CT molecular complexity index is 935. The predicted molar refractivity (Wildman–Crippen MR) is 92.5 cm³/mol. The molecule has 0 saturated carbocycles. The van der Waals surface area contributed by atoms with Crippen LogP contribution in [0.5, 0.6) is 0 Å². The minimum Gasteiger partial charge on any atom is -0.468 e. The fourth-order valence-electron chi connectivity index (χ4n) is 2.10. The zero-order valence-corrected chi connectivity index (χ0v) is 14.6. The summed E-state index contributed by atoms with van der Waals surface area (Å²) >= 11 is 1.07. The van der Waals surface area contributed by atoms with E-state index in [0.717, 1.165) is 16.9 Å².